The first-order valence-electron chi connectivity index (χ1n) is 8.95. The van der Waals surface area contributed by atoms with Crippen LogP contribution in [0.25, 0.3) is 0 Å². The summed E-state index contributed by atoms with van der Waals surface area (Å²) in [6.07, 6.45) is -8.53. The molecule has 2 aromatic rings. The maximum absolute atomic E-state index is 13.5. The minimum Gasteiger partial charge on any atom is -0.335 e. The van der Waals surface area contributed by atoms with E-state index in [0.29, 0.717) is 11.4 Å². The summed E-state index contributed by atoms with van der Waals surface area (Å²) >= 11 is 5.94. The van der Waals surface area contributed by atoms with Crippen molar-refractivity contribution in [1.82, 2.24) is 0 Å². The van der Waals surface area contributed by atoms with E-state index in [1.54, 1.807) is 0 Å². The number of ether oxygens (including phenoxy) is 1. The Morgan fingerprint density at radius 2 is 1.77 bits per heavy atom. The largest absolute Gasteiger partial charge is 0.433 e. The van der Waals surface area contributed by atoms with E-state index in [2.05, 4.69) is 10.6 Å². The van der Waals surface area contributed by atoms with Gasteiger partial charge in [-0.3, -0.25) is 9.59 Å². The molecule has 2 atom stereocenters. The van der Waals surface area contributed by atoms with E-state index in [-0.39, 0.29) is 28.7 Å². The fraction of sp³-hybridized carbons (Fsp3) is 0.250. The summed E-state index contributed by atoms with van der Waals surface area (Å²) in [7, 11) is 0. The lowest BCUT2D eigenvalue weighted by molar-refractivity contribution is -0.212. The van der Waals surface area contributed by atoms with Gasteiger partial charge in [0.1, 0.15) is 6.07 Å². The van der Waals surface area contributed by atoms with E-state index >= 15 is 0 Å². The summed E-state index contributed by atoms with van der Waals surface area (Å²) in [5.74, 6) is -1.03. The van der Waals surface area contributed by atoms with E-state index in [0.717, 1.165) is 4.90 Å². The van der Waals surface area contributed by atoms with Gasteiger partial charge >= 0.3 is 6.18 Å². The van der Waals surface area contributed by atoms with Crippen molar-refractivity contribution in [2.75, 3.05) is 22.1 Å². The molecular formula is C20H16ClF3N4O3. The van der Waals surface area contributed by atoms with Gasteiger partial charge in [0.15, 0.2) is 6.10 Å². The zero-order chi connectivity index (χ0) is 22.8. The Labute approximate surface area is 180 Å². The lowest BCUT2D eigenvalue weighted by Gasteiger charge is -2.26. The minimum absolute atomic E-state index is 0.00640. The molecule has 0 aliphatic carbocycles. The lowest BCUT2D eigenvalue weighted by Crippen LogP contribution is -2.42. The minimum atomic E-state index is -4.77. The first kappa shape index (κ1) is 22.4. The van der Waals surface area contributed by atoms with Crippen LogP contribution >= 0.6 is 11.6 Å². The third-order valence-corrected chi connectivity index (χ3v) is 4.70. The summed E-state index contributed by atoms with van der Waals surface area (Å²) in [5.41, 5.74) is 1.02. The Bertz CT molecular complexity index is 1040. The fourth-order valence-electron chi connectivity index (χ4n) is 3.02. The van der Waals surface area contributed by atoms with Crippen molar-refractivity contribution >= 4 is 40.5 Å². The summed E-state index contributed by atoms with van der Waals surface area (Å²) in [6.45, 7) is 0.971. The number of amides is 2. The molecule has 11 heteroatoms. The van der Waals surface area contributed by atoms with Crippen molar-refractivity contribution in [2.24, 2.45) is 0 Å². The molecule has 1 aliphatic heterocycles. The number of carbonyl (C=O) groups excluding carboxylic acids is 2. The molecule has 0 aromatic heterocycles. The van der Waals surface area contributed by atoms with Crippen LogP contribution in [-0.4, -0.2) is 36.9 Å². The predicted molar refractivity (Wildman–Crippen MR) is 108 cm³/mol. The number of nitrogens with one attached hydrogen (secondary N) is 2. The zero-order valence-corrected chi connectivity index (χ0v) is 16.8. The van der Waals surface area contributed by atoms with Gasteiger partial charge in [-0.05, 0) is 42.5 Å². The standard InChI is InChI=1S/C20H16ClF3N4O3/c1-11(29)26-13-3-5-14(6-4-13)27-18(30)17-10-28(19(31-17)20(22,23)24)15-7-2-12(9-25)16(21)8-15/h2-8,17,19H,10H2,1H3,(H,26,29)(H,27,30)/t17-,19+/m0/s1. The van der Waals surface area contributed by atoms with Crippen molar-refractivity contribution in [3.63, 3.8) is 0 Å². The molecule has 0 radical (unpaired) electrons. The van der Waals surface area contributed by atoms with Crippen LogP contribution in [0.1, 0.15) is 12.5 Å². The molecular weight excluding hydrogens is 437 g/mol. The van der Waals surface area contributed by atoms with Gasteiger partial charge in [-0.25, -0.2) is 0 Å². The second-order valence-corrected chi connectivity index (χ2v) is 7.10. The van der Waals surface area contributed by atoms with Crippen molar-refractivity contribution in [2.45, 2.75) is 25.4 Å². The number of hydrogen-bond acceptors (Lipinski definition) is 5. The Morgan fingerprint density at radius 3 is 2.29 bits per heavy atom. The van der Waals surface area contributed by atoms with E-state index in [4.69, 9.17) is 21.6 Å². The van der Waals surface area contributed by atoms with Crippen molar-refractivity contribution in [1.29, 1.82) is 5.26 Å². The molecule has 162 valence electrons. The van der Waals surface area contributed by atoms with Gasteiger partial charge < -0.3 is 20.3 Å². The molecule has 1 aliphatic rings. The third kappa shape index (κ3) is 5.25. The van der Waals surface area contributed by atoms with Crippen LogP contribution in [0.3, 0.4) is 0 Å². The zero-order valence-electron chi connectivity index (χ0n) is 16.0. The van der Waals surface area contributed by atoms with E-state index in [9.17, 15) is 22.8 Å². The molecule has 1 saturated heterocycles. The van der Waals surface area contributed by atoms with Crippen molar-refractivity contribution in [3.8, 4) is 6.07 Å². The average Bonchev–Trinajstić information content (AvgIpc) is 3.15. The normalized spacial score (nSPS) is 18.4. The predicted octanol–water partition coefficient (Wildman–Crippen LogP) is 3.90. The Hall–Kier alpha value is -3.29. The Morgan fingerprint density at radius 1 is 1.16 bits per heavy atom. The van der Waals surface area contributed by atoms with Gasteiger partial charge in [0.2, 0.25) is 12.1 Å². The molecule has 0 unspecified atom stereocenters. The monoisotopic (exact) mass is 452 g/mol. The highest BCUT2D eigenvalue weighted by Gasteiger charge is 2.52. The molecule has 7 nitrogen and oxygen atoms in total. The second-order valence-electron chi connectivity index (χ2n) is 6.69. The summed E-state index contributed by atoms with van der Waals surface area (Å²) in [4.78, 5) is 24.4. The number of nitrogens with zero attached hydrogens (tertiary/aromatic N) is 2. The van der Waals surface area contributed by atoms with Gasteiger partial charge in [0.05, 0.1) is 17.1 Å². The molecule has 1 fully saturated rings. The molecule has 31 heavy (non-hydrogen) atoms. The highest BCUT2D eigenvalue weighted by Crippen LogP contribution is 2.36. The Balaban J connectivity index is 1.76. The fourth-order valence-corrected chi connectivity index (χ4v) is 3.24. The van der Waals surface area contributed by atoms with Gasteiger partial charge in [-0.1, -0.05) is 11.6 Å². The summed E-state index contributed by atoms with van der Waals surface area (Å²) < 4.78 is 45.6. The molecule has 3 rings (SSSR count). The van der Waals surface area contributed by atoms with E-state index in [1.807, 2.05) is 6.07 Å². The van der Waals surface area contributed by atoms with E-state index in [1.165, 1.54) is 49.4 Å². The maximum atomic E-state index is 13.5. The molecule has 2 aromatic carbocycles. The van der Waals surface area contributed by atoms with Crippen molar-refractivity contribution in [3.05, 3.63) is 53.1 Å². The van der Waals surface area contributed by atoms with Crippen LogP contribution in [0, 0.1) is 11.3 Å². The van der Waals surface area contributed by atoms with Crippen molar-refractivity contribution < 1.29 is 27.5 Å². The van der Waals surface area contributed by atoms with Gasteiger partial charge in [0.25, 0.3) is 5.91 Å². The Kier molecular flexibility index (Phi) is 6.38. The molecule has 0 saturated carbocycles. The highest BCUT2D eigenvalue weighted by atomic mass is 35.5. The highest BCUT2D eigenvalue weighted by molar-refractivity contribution is 6.32. The van der Waals surface area contributed by atoms with Gasteiger partial charge in [-0.15, -0.1) is 0 Å². The quantitative estimate of drug-likeness (QED) is 0.733. The molecule has 2 amide bonds. The topological polar surface area (TPSA) is 94.5 Å². The van der Waals surface area contributed by atoms with Crippen LogP contribution in [-0.2, 0) is 14.3 Å². The number of rotatable bonds is 4. The first-order valence-corrected chi connectivity index (χ1v) is 9.33. The van der Waals surface area contributed by atoms with Crippen LogP contribution in [0.5, 0.6) is 0 Å². The lowest BCUT2D eigenvalue weighted by atomic mass is 10.2. The number of halogens is 4. The van der Waals surface area contributed by atoms with Crippen LogP contribution < -0.4 is 15.5 Å². The number of nitriles is 1. The maximum Gasteiger partial charge on any atom is 0.433 e. The van der Waals surface area contributed by atoms with Gasteiger partial charge in [-0.2, -0.15) is 18.4 Å². The third-order valence-electron chi connectivity index (χ3n) is 4.39. The van der Waals surface area contributed by atoms with Crippen LogP contribution in [0.15, 0.2) is 42.5 Å². The average molecular weight is 453 g/mol. The summed E-state index contributed by atoms with van der Waals surface area (Å²) in [5, 5.41) is 14.0. The number of alkyl halides is 3. The number of carbonyl (C=O) groups is 2. The molecule has 0 bridgehead atoms. The number of benzene rings is 2. The second kappa shape index (κ2) is 8.83. The van der Waals surface area contributed by atoms with Crippen LogP contribution in [0.2, 0.25) is 5.02 Å². The summed E-state index contributed by atoms with van der Waals surface area (Å²) in [6, 6.07) is 11.7. The smallest absolute Gasteiger partial charge is 0.335 e. The number of anilines is 3. The molecule has 0 spiro atoms. The van der Waals surface area contributed by atoms with Crippen LogP contribution in [0.4, 0.5) is 30.2 Å². The first-order chi connectivity index (χ1) is 14.6. The molecule has 1 heterocycles. The van der Waals surface area contributed by atoms with E-state index < -0.39 is 24.4 Å². The SMILES string of the molecule is CC(=O)Nc1ccc(NC(=O)[C@@H]2CN(c3ccc(C#N)c(Cl)c3)[C@@H](C(F)(F)F)O2)cc1. The van der Waals surface area contributed by atoms with Gasteiger partial charge in [0, 0.05) is 24.0 Å². The number of hydrogen-bond donors (Lipinski definition) is 2. The molecule has 2 N–H and O–H groups in total.